The summed E-state index contributed by atoms with van der Waals surface area (Å²) >= 11 is 9.77. The fraction of sp³-hybridized carbons (Fsp3) is 0.333. The Morgan fingerprint density at radius 2 is 2.00 bits per heavy atom. The average molecular weight is 338 g/mol. The van der Waals surface area contributed by atoms with Crippen LogP contribution in [0.2, 0.25) is 5.15 Å². The molecule has 0 spiro atoms. The van der Waals surface area contributed by atoms with Crippen LogP contribution in [-0.2, 0) is 19.3 Å². The molecular weight excluding hydrogens is 324 g/mol. The molecule has 0 fully saturated rings. The number of nitrogens with zero attached hydrogens (tertiary/aromatic N) is 2. The summed E-state index contributed by atoms with van der Waals surface area (Å²) in [6.45, 7) is 0. The maximum Gasteiger partial charge on any atom is 0.136 e. The number of aryl methyl sites for hydroxylation is 1. The molecule has 3 rings (SSSR count). The minimum Gasteiger partial charge on any atom is -0.237 e. The van der Waals surface area contributed by atoms with Gasteiger partial charge in [-0.05, 0) is 43.4 Å². The van der Waals surface area contributed by atoms with Gasteiger partial charge in [0.1, 0.15) is 11.0 Å². The first kappa shape index (κ1) is 13.1. The lowest BCUT2D eigenvalue weighted by molar-refractivity contribution is 0.656. The third-order valence-corrected chi connectivity index (χ3v) is 4.24. The maximum atomic E-state index is 6.28. The van der Waals surface area contributed by atoms with E-state index in [1.807, 2.05) is 12.1 Å². The fourth-order valence-corrected chi connectivity index (χ4v) is 3.25. The third kappa shape index (κ3) is 2.98. The van der Waals surface area contributed by atoms with Gasteiger partial charge in [-0.1, -0.05) is 39.7 Å². The summed E-state index contributed by atoms with van der Waals surface area (Å²) in [4.78, 5) is 9.14. The van der Waals surface area contributed by atoms with E-state index in [9.17, 15) is 0 Å². The van der Waals surface area contributed by atoms with Crippen LogP contribution < -0.4 is 0 Å². The molecule has 98 valence electrons. The molecule has 0 saturated carbocycles. The highest BCUT2D eigenvalue weighted by Crippen LogP contribution is 2.26. The summed E-state index contributed by atoms with van der Waals surface area (Å²) in [6, 6.07) is 8.22. The van der Waals surface area contributed by atoms with E-state index in [4.69, 9.17) is 11.6 Å². The van der Waals surface area contributed by atoms with E-state index < -0.39 is 0 Å². The average Bonchev–Trinajstić information content (AvgIpc) is 2.39. The van der Waals surface area contributed by atoms with E-state index in [1.54, 1.807) is 0 Å². The second-order valence-electron chi connectivity index (χ2n) is 4.87. The van der Waals surface area contributed by atoms with Gasteiger partial charge in [0.15, 0.2) is 0 Å². The zero-order valence-corrected chi connectivity index (χ0v) is 12.8. The molecular formula is C15H14BrClN2. The number of fused-ring (bicyclic) bond motifs is 1. The second kappa shape index (κ2) is 5.59. The van der Waals surface area contributed by atoms with Crippen LogP contribution in [0.15, 0.2) is 28.7 Å². The first-order chi connectivity index (χ1) is 9.22. The molecule has 0 unspecified atom stereocenters. The number of hydrogen-bond acceptors (Lipinski definition) is 2. The summed E-state index contributed by atoms with van der Waals surface area (Å²) in [7, 11) is 0. The lowest BCUT2D eigenvalue weighted by atomic mass is 9.97. The Bertz CT molecular complexity index is 613. The van der Waals surface area contributed by atoms with E-state index in [0.717, 1.165) is 40.8 Å². The minimum atomic E-state index is 0.648. The molecule has 0 radical (unpaired) electrons. The number of aromatic nitrogens is 2. The second-order valence-corrected chi connectivity index (χ2v) is 6.14. The lowest BCUT2D eigenvalue weighted by Gasteiger charge is -2.16. The van der Waals surface area contributed by atoms with Crippen LogP contribution in [0.5, 0.6) is 0 Å². The van der Waals surface area contributed by atoms with Crippen LogP contribution in [0, 0.1) is 0 Å². The molecule has 0 amide bonds. The molecule has 19 heavy (non-hydrogen) atoms. The summed E-state index contributed by atoms with van der Waals surface area (Å²) in [5, 5.41) is 0.648. The van der Waals surface area contributed by atoms with Gasteiger partial charge in [-0.3, -0.25) is 0 Å². The lowest BCUT2D eigenvalue weighted by Crippen LogP contribution is -2.10. The molecule has 1 aliphatic carbocycles. The van der Waals surface area contributed by atoms with Crippen molar-refractivity contribution in [3.63, 3.8) is 0 Å². The molecule has 2 nitrogen and oxygen atoms in total. The molecule has 1 heterocycles. The predicted octanol–water partition coefficient (Wildman–Crippen LogP) is 4.36. The Labute approximate surface area is 126 Å². The highest BCUT2D eigenvalue weighted by atomic mass is 79.9. The SMILES string of the molecule is Clc1nc(Cc2cccc(Br)c2)nc2c1CCCC2. The minimum absolute atomic E-state index is 0.648. The van der Waals surface area contributed by atoms with Gasteiger partial charge >= 0.3 is 0 Å². The standard InChI is InChI=1S/C15H14BrClN2/c16-11-5-3-4-10(8-11)9-14-18-13-7-2-1-6-12(13)15(17)19-14/h3-5,8H,1-2,6-7,9H2. The molecule has 1 aromatic heterocycles. The van der Waals surface area contributed by atoms with Crippen LogP contribution >= 0.6 is 27.5 Å². The van der Waals surface area contributed by atoms with Gasteiger partial charge in [0, 0.05) is 22.2 Å². The quantitative estimate of drug-likeness (QED) is 0.761. The molecule has 0 N–H and O–H groups in total. The van der Waals surface area contributed by atoms with Gasteiger partial charge in [-0.2, -0.15) is 0 Å². The number of rotatable bonds is 2. The highest BCUT2D eigenvalue weighted by Gasteiger charge is 2.16. The van der Waals surface area contributed by atoms with Crippen LogP contribution in [0.1, 0.15) is 35.5 Å². The van der Waals surface area contributed by atoms with Crippen molar-refractivity contribution in [2.24, 2.45) is 0 Å². The largest absolute Gasteiger partial charge is 0.237 e. The number of benzene rings is 1. The monoisotopic (exact) mass is 336 g/mol. The van der Waals surface area contributed by atoms with Gasteiger partial charge in [0.2, 0.25) is 0 Å². The molecule has 1 aromatic carbocycles. The Morgan fingerprint density at radius 1 is 1.16 bits per heavy atom. The van der Waals surface area contributed by atoms with Crippen molar-refractivity contribution in [2.75, 3.05) is 0 Å². The predicted molar refractivity (Wildman–Crippen MR) is 80.6 cm³/mol. The van der Waals surface area contributed by atoms with E-state index in [2.05, 4.69) is 38.0 Å². The van der Waals surface area contributed by atoms with Gasteiger partial charge in [0.05, 0.1) is 0 Å². The van der Waals surface area contributed by atoms with E-state index >= 15 is 0 Å². The number of hydrogen-bond donors (Lipinski definition) is 0. The number of halogens is 2. The molecule has 2 aromatic rings. The summed E-state index contributed by atoms with van der Waals surface area (Å²) in [5.74, 6) is 0.823. The summed E-state index contributed by atoms with van der Waals surface area (Å²) in [6.07, 6.45) is 5.18. The third-order valence-electron chi connectivity index (χ3n) is 3.43. The van der Waals surface area contributed by atoms with E-state index in [-0.39, 0.29) is 0 Å². The van der Waals surface area contributed by atoms with Crippen LogP contribution in [0.4, 0.5) is 0 Å². The van der Waals surface area contributed by atoms with Crippen molar-refractivity contribution < 1.29 is 0 Å². The van der Waals surface area contributed by atoms with E-state index in [1.165, 1.54) is 18.4 Å². The topological polar surface area (TPSA) is 25.8 Å². The smallest absolute Gasteiger partial charge is 0.136 e. The fourth-order valence-electron chi connectivity index (χ4n) is 2.51. The van der Waals surface area contributed by atoms with Crippen molar-refractivity contribution >= 4 is 27.5 Å². The first-order valence-corrected chi connectivity index (χ1v) is 7.68. The summed E-state index contributed by atoms with van der Waals surface area (Å²) < 4.78 is 1.08. The Balaban J connectivity index is 1.91. The zero-order valence-electron chi connectivity index (χ0n) is 10.5. The molecule has 0 atom stereocenters. The molecule has 4 heteroatoms. The van der Waals surface area contributed by atoms with Gasteiger partial charge in [-0.15, -0.1) is 0 Å². The van der Waals surface area contributed by atoms with Crippen LogP contribution in [-0.4, -0.2) is 9.97 Å². The van der Waals surface area contributed by atoms with Gasteiger partial charge in [-0.25, -0.2) is 9.97 Å². The first-order valence-electron chi connectivity index (χ1n) is 6.51. The Hall–Kier alpha value is -0.930. The Kier molecular flexibility index (Phi) is 3.85. The Morgan fingerprint density at radius 3 is 2.84 bits per heavy atom. The summed E-state index contributed by atoms with van der Waals surface area (Å²) in [5.41, 5.74) is 3.50. The zero-order chi connectivity index (χ0) is 13.2. The van der Waals surface area contributed by atoms with Crippen molar-refractivity contribution in [2.45, 2.75) is 32.1 Å². The molecule has 0 saturated heterocycles. The van der Waals surface area contributed by atoms with Crippen LogP contribution in [0.25, 0.3) is 0 Å². The molecule has 1 aliphatic rings. The highest BCUT2D eigenvalue weighted by molar-refractivity contribution is 9.10. The maximum absolute atomic E-state index is 6.28. The van der Waals surface area contributed by atoms with Crippen molar-refractivity contribution in [1.82, 2.24) is 9.97 Å². The molecule has 0 aliphatic heterocycles. The van der Waals surface area contributed by atoms with Gasteiger partial charge in [0.25, 0.3) is 0 Å². The van der Waals surface area contributed by atoms with Crippen molar-refractivity contribution in [3.8, 4) is 0 Å². The van der Waals surface area contributed by atoms with Crippen molar-refractivity contribution in [3.05, 3.63) is 56.5 Å². The van der Waals surface area contributed by atoms with Crippen LogP contribution in [0.3, 0.4) is 0 Å². The normalized spacial score (nSPS) is 14.2. The van der Waals surface area contributed by atoms with Crippen molar-refractivity contribution in [1.29, 1.82) is 0 Å². The molecule has 0 bridgehead atoms. The van der Waals surface area contributed by atoms with E-state index in [0.29, 0.717) is 5.15 Å². The van der Waals surface area contributed by atoms with Gasteiger partial charge < -0.3 is 0 Å².